The van der Waals surface area contributed by atoms with Crippen LogP contribution in [0.2, 0.25) is 0 Å². The quantitative estimate of drug-likeness (QED) is 0.749. The Morgan fingerprint density at radius 2 is 2.29 bits per heavy atom. The number of hydrogen-bond acceptors (Lipinski definition) is 2. The Kier molecular flexibility index (Phi) is 3.77. The van der Waals surface area contributed by atoms with Crippen molar-refractivity contribution < 1.29 is 9.90 Å². The summed E-state index contributed by atoms with van der Waals surface area (Å²) < 4.78 is 0. The molecule has 1 N–H and O–H groups in total. The van der Waals surface area contributed by atoms with Gasteiger partial charge in [0.1, 0.15) is 0 Å². The molecular formula is C11H12O2S. The monoisotopic (exact) mass is 208 g/mol. The Balaban J connectivity index is 3.00. The highest BCUT2D eigenvalue weighted by Crippen LogP contribution is 2.12. The molecule has 14 heavy (non-hydrogen) atoms. The van der Waals surface area contributed by atoms with Crippen LogP contribution in [0.4, 0.5) is 0 Å². The first-order valence-electron chi connectivity index (χ1n) is 4.26. The number of carboxylic acid groups (broad SMARTS) is 1. The summed E-state index contributed by atoms with van der Waals surface area (Å²) in [6.07, 6.45) is 3.84. The summed E-state index contributed by atoms with van der Waals surface area (Å²) in [6.45, 7) is 1.79. The Labute approximate surface area is 88.7 Å². The average molecular weight is 208 g/mol. The van der Waals surface area contributed by atoms with Gasteiger partial charge >= 0.3 is 5.97 Å². The molecule has 0 fully saturated rings. The minimum atomic E-state index is -0.882. The van der Waals surface area contributed by atoms with Crippen LogP contribution in [-0.4, -0.2) is 16.8 Å². The molecule has 2 nitrogen and oxygen atoms in total. The molecule has 0 aliphatic heterocycles. The van der Waals surface area contributed by atoms with Gasteiger partial charge < -0.3 is 5.11 Å². The standard InChI is InChI=1S/C11H12O2S/c1-8-7-9(3-2-6-14)4-5-10(8)11(12)13/h2-5,7,14H,6H2,1H3,(H,12,13). The number of benzene rings is 1. The molecule has 1 aromatic rings. The van der Waals surface area contributed by atoms with Gasteiger partial charge in [-0.3, -0.25) is 0 Å². The highest BCUT2D eigenvalue weighted by Gasteiger charge is 2.05. The maximum absolute atomic E-state index is 10.7. The first-order valence-corrected chi connectivity index (χ1v) is 4.89. The van der Waals surface area contributed by atoms with Crippen LogP contribution in [0.5, 0.6) is 0 Å². The third-order valence-corrected chi connectivity index (χ3v) is 2.11. The largest absolute Gasteiger partial charge is 0.478 e. The molecule has 0 unspecified atom stereocenters. The van der Waals surface area contributed by atoms with E-state index >= 15 is 0 Å². The second-order valence-corrected chi connectivity index (χ2v) is 3.33. The zero-order valence-electron chi connectivity index (χ0n) is 7.90. The topological polar surface area (TPSA) is 37.3 Å². The third-order valence-electron chi connectivity index (χ3n) is 1.90. The van der Waals surface area contributed by atoms with Crippen molar-refractivity contribution in [2.24, 2.45) is 0 Å². The predicted octanol–water partition coefficient (Wildman–Crippen LogP) is 2.64. The van der Waals surface area contributed by atoms with E-state index in [1.165, 1.54) is 0 Å². The van der Waals surface area contributed by atoms with Gasteiger partial charge in [0.2, 0.25) is 0 Å². The molecule has 74 valence electrons. The molecule has 0 aromatic heterocycles. The number of hydrogen-bond donors (Lipinski definition) is 2. The number of rotatable bonds is 3. The average Bonchev–Trinajstić information content (AvgIpc) is 2.14. The van der Waals surface area contributed by atoms with Gasteiger partial charge in [0.15, 0.2) is 0 Å². The van der Waals surface area contributed by atoms with E-state index in [4.69, 9.17) is 5.11 Å². The molecule has 1 rings (SSSR count). The zero-order valence-corrected chi connectivity index (χ0v) is 8.79. The molecule has 0 radical (unpaired) electrons. The Hall–Kier alpha value is -1.22. The lowest BCUT2D eigenvalue weighted by Gasteiger charge is -2.01. The van der Waals surface area contributed by atoms with Crippen LogP contribution in [0.25, 0.3) is 6.08 Å². The molecular weight excluding hydrogens is 196 g/mol. The Bertz CT molecular complexity index is 370. The molecule has 0 bridgehead atoms. The van der Waals surface area contributed by atoms with Gasteiger partial charge in [0.25, 0.3) is 0 Å². The van der Waals surface area contributed by atoms with Crippen LogP contribution < -0.4 is 0 Å². The molecule has 0 aliphatic rings. The fourth-order valence-electron chi connectivity index (χ4n) is 1.22. The molecule has 3 heteroatoms. The molecule has 0 heterocycles. The van der Waals surface area contributed by atoms with Gasteiger partial charge in [-0.05, 0) is 24.1 Å². The fourth-order valence-corrected chi connectivity index (χ4v) is 1.32. The van der Waals surface area contributed by atoms with Crippen LogP contribution in [-0.2, 0) is 0 Å². The summed E-state index contributed by atoms with van der Waals surface area (Å²) in [4.78, 5) is 10.7. The third kappa shape index (κ3) is 2.64. The van der Waals surface area contributed by atoms with E-state index in [2.05, 4.69) is 12.6 Å². The van der Waals surface area contributed by atoms with Crippen molar-refractivity contribution in [1.29, 1.82) is 0 Å². The van der Waals surface area contributed by atoms with Gasteiger partial charge in [-0.25, -0.2) is 4.79 Å². The summed E-state index contributed by atoms with van der Waals surface area (Å²) in [5.74, 6) is -0.202. The van der Waals surface area contributed by atoms with Crippen molar-refractivity contribution in [3.05, 3.63) is 41.0 Å². The minimum absolute atomic E-state index is 0.355. The summed E-state index contributed by atoms with van der Waals surface area (Å²) >= 11 is 4.05. The highest BCUT2D eigenvalue weighted by atomic mass is 32.1. The van der Waals surface area contributed by atoms with Gasteiger partial charge in [0.05, 0.1) is 5.56 Å². The van der Waals surface area contributed by atoms with Crippen molar-refractivity contribution in [3.63, 3.8) is 0 Å². The van der Waals surface area contributed by atoms with Gasteiger partial charge in [0, 0.05) is 5.75 Å². The minimum Gasteiger partial charge on any atom is -0.478 e. The molecule has 0 spiro atoms. The van der Waals surface area contributed by atoms with Crippen molar-refractivity contribution in [1.82, 2.24) is 0 Å². The van der Waals surface area contributed by atoms with E-state index in [0.717, 1.165) is 11.1 Å². The van der Waals surface area contributed by atoms with E-state index in [-0.39, 0.29) is 0 Å². The summed E-state index contributed by atoms with van der Waals surface area (Å²) in [5.41, 5.74) is 2.13. The lowest BCUT2D eigenvalue weighted by Crippen LogP contribution is -1.99. The lowest BCUT2D eigenvalue weighted by molar-refractivity contribution is 0.0696. The smallest absolute Gasteiger partial charge is 0.335 e. The van der Waals surface area contributed by atoms with Crippen molar-refractivity contribution in [3.8, 4) is 0 Å². The molecule has 1 aromatic carbocycles. The maximum atomic E-state index is 10.7. The second kappa shape index (κ2) is 4.86. The SMILES string of the molecule is Cc1cc(C=CCS)ccc1C(=O)O. The summed E-state index contributed by atoms with van der Waals surface area (Å²) in [6, 6.07) is 5.26. The Morgan fingerprint density at radius 3 is 2.79 bits per heavy atom. The van der Waals surface area contributed by atoms with Gasteiger partial charge in [-0.15, -0.1) is 0 Å². The molecule has 0 atom stereocenters. The molecule has 0 saturated carbocycles. The summed E-state index contributed by atoms with van der Waals surface area (Å²) in [5, 5.41) is 8.80. The van der Waals surface area contributed by atoms with Crippen LogP contribution in [0.15, 0.2) is 24.3 Å². The highest BCUT2D eigenvalue weighted by molar-refractivity contribution is 7.80. The molecule has 0 aliphatic carbocycles. The number of carboxylic acids is 1. The first-order chi connectivity index (χ1) is 6.65. The number of aryl methyl sites for hydroxylation is 1. The Morgan fingerprint density at radius 1 is 1.57 bits per heavy atom. The zero-order chi connectivity index (χ0) is 10.6. The van der Waals surface area contributed by atoms with E-state index in [0.29, 0.717) is 11.3 Å². The maximum Gasteiger partial charge on any atom is 0.335 e. The van der Waals surface area contributed by atoms with Crippen molar-refractivity contribution in [2.45, 2.75) is 6.92 Å². The molecule has 0 saturated heterocycles. The van der Waals surface area contributed by atoms with Crippen LogP contribution in [0.1, 0.15) is 21.5 Å². The van der Waals surface area contributed by atoms with Crippen molar-refractivity contribution in [2.75, 3.05) is 5.75 Å². The van der Waals surface area contributed by atoms with Gasteiger partial charge in [-0.2, -0.15) is 12.6 Å². The molecule has 0 amide bonds. The van der Waals surface area contributed by atoms with Crippen LogP contribution >= 0.6 is 12.6 Å². The second-order valence-electron chi connectivity index (χ2n) is 2.96. The van der Waals surface area contributed by atoms with Crippen LogP contribution in [0.3, 0.4) is 0 Å². The van der Waals surface area contributed by atoms with E-state index in [1.54, 1.807) is 19.1 Å². The van der Waals surface area contributed by atoms with E-state index < -0.39 is 5.97 Å². The fraction of sp³-hybridized carbons (Fsp3) is 0.182. The number of aromatic carboxylic acids is 1. The normalized spacial score (nSPS) is 10.7. The predicted molar refractivity (Wildman–Crippen MR) is 61.0 cm³/mol. The van der Waals surface area contributed by atoms with Crippen LogP contribution in [0, 0.1) is 6.92 Å². The van der Waals surface area contributed by atoms with E-state index in [9.17, 15) is 4.79 Å². The number of carbonyl (C=O) groups is 1. The first kappa shape index (κ1) is 10.9. The number of thiol groups is 1. The summed E-state index contributed by atoms with van der Waals surface area (Å²) in [7, 11) is 0. The van der Waals surface area contributed by atoms with E-state index in [1.807, 2.05) is 18.2 Å². The lowest BCUT2D eigenvalue weighted by atomic mass is 10.1. The van der Waals surface area contributed by atoms with Crippen molar-refractivity contribution >= 4 is 24.7 Å². The van der Waals surface area contributed by atoms with Gasteiger partial charge in [-0.1, -0.05) is 24.3 Å².